The zero-order valence-electron chi connectivity index (χ0n) is 31.2. The number of phosphoric acid groups is 3. The molecule has 0 saturated carbocycles. The van der Waals surface area contributed by atoms with Crippen LogP contribution in [0.4, 0.5) is 5.82 Å². The molecule has 0 radical (unpaired) electrons. The number of imidazole rings is 1. The standard InChI is InChI=1S/C27H43N8O21P3S/c1-27(2,19(38)22(39)31-4-3-15(36)30-5-6-60-26(44)13(28)7-12(24(40)41)25(42)43)9-53-59(50,51)56-58(48,49)52-8-14-18(55-57(45,46)47)17(37)23(54-14)35-11-34-16-20(29)32-10-33-21(16)35/h10-14,17-19,23,37-38H,3-9,28H2,1-2H3,(H,30,36)(H,31,39)(H,40,41)(H,42,43)(H,48,49)(H,50,51)(H2,29,32,33)(H2,45,46,47). The smallest absolute Gasteiger partial charge is 0.481 e. The monoisotopic (exact) mass is 940 g/mol. The number of nitrogens with one attached hydrogen (secondary N) is 2. The van der Waals surface area contributed by atoms with Gasteiger partial charge in [0.15, 0.2) is 23.6 Å². The van der Waals surface area contributed by atoms with Gasteiger partial charge in [-0.1, -0.05) is 25.6 Å². The molecule has 1 aliphatic rings. The Hall–Kier alpha value is -3.54. The predicted octanol–water partition coefficient (Wildman–Crippen LogP) is -2.83. The van der Waals surface area contributed by atoms with Crippen LogP contribution in [-0.4, -0.2) is 151 Å². The van der Waals surface area contributed by atoms with Crippen molar-refractivity contribution in [3.05, 3.63) is 12.7 Å². The predicted molar refractivity (Wildman–Crippen MR) is 198 cm³/mol. The van der Waals surface area contributed by atoms with Gasteiger partial charge in [0.2, 0.25) is 16.9 Å². The molecule has 2 aromatic heterocycles. The molecule has 3 rings (SSSR count). The van der Waals surface area contributed by atoms with Crippen molar-refractivity contribution in [3.63, 3.8) is 0 Å². The SMILES string of the molecule is CC(C)(COP(=O)(O)OP(=O)(O)OCC1OC(n2cnc3c(N)ncnc32)C(O)C1OP(=O)(O)O)C(O)C(=O)NCCC(=O)NCCSC(=O)C(N)CC(C(=O)O)C(=O)O. The number of hydrogen-bond donors (Lipinski definition) is 12. The second kappa shape index (κ2) is 21.0. The van der Waals surface area contributed by atoms with Crippen LogP contribution in [0.3, 0.4) is 0 Å². The van der Waals surface area contributed by atoms with Gasteiger partial charge in [0.05, 0.1) is 25.6 Å². The normalized spacial score (nSPS) is 21.5. The summed E-state index contributed by atoms with van der Waals surface area (Å²) in [5, 5.41) is 43.2. The maximum absolute atomic E-state index is 12.7. The fraction of sp³-hybridized carbons (Fsp3) is 0.630. The van der Waals surface area contributed by atoms with Gasteiger partial charge in [0.25, 0.3) is 0 Å². The highest BCUT2D eigenvalue weighted by Gasteiger charge is 2.50. The molecule has 14 N–H and O–H groups in total. The van der Waals surface area contributed by atoms with E-state index in [0.29, 0.717) is 11.8 Å². The number of aromatic nitrogens is 4. The zero-order chi connectivity index (χ0) is 45.4. The number of rotatable bonds is 24. The van der Waals surface area contributed by atoms with Crippen LogP contribution in [0.2, 0.25) is 0 Å². The van der Waals surface area contributed by atoms with E-state index in [2.05, 4.69) is 34.4 Å². The Kier molecular flexibility index (Phi) is 17.8. The van der Waals surface area contributed by atoms with Crippen molar-refractivity contribution in [1.29, 1.82) is 0 Å². The number of anilines is 1. The van der Waals surface area contributed by atoms with Gasteiger partial charge in [-0.25, -0.2) is 28.6 Å². The number of phosphoric ester groups is 3. The molecule has 2 aromatic rings. The first kappa shape index (κ1) is 50.8. The number of carbonyl (C=O) groups excluding carboxylic acids is 3. The lowest BCUT2D eigenvalue weighted by molar-refractivity contribution is -0.155. The molecule has 1 fully saturated rings. The molecular weight excluding hydrogens is 897 g/mol. The molecule has 0 aliphatic carbocycles. The lowest BCUT2D eigenvalue weighted by Gasteiger charge is -2.30. The van der Waals surface area contributed by atoms with Crippen LogP contribution in [0.15, 0.2) is 12.7 Å². The molecule has 2 amide bonds. The molecule has 0 bridgehead atoms. The Morgan fingerprint density at radius 3 is 2.25 bits per heavy atom. The Balaban J connectivity index is 1.46. The lowest BCUT2D eigenvalue weighted by Crippen LogP contribution is -2.46. The van der Waals surface area contributed by atoms with E-state index >= 15 is 0 Å². The summed E-state index contributed by atoms with van der Waals surface area (Å²) in [7, 11) is -16.5. The van der Waals surface area contributed by atoms with Crippen molar-refractivity contribution in [1.82, 2.24) is 30.2 Å². The van der Waals surface area contributed by atoms with Crippen LogP contribution < -0.4 is 22.1 Å². The van der Waals surface area contributed by atoms with E-state index in [1.54, 1.807) is 0 Å². The minimum Gasteiger partial charge on any atom is -0.481 e. The van der Waals surface area contributed by atoms with E-state index in [-0.39, 0.29) is 42.2 Å². The molecule has 0 aromatic carbocycles. The van der Waals surface area contributed by atoms with Gasteiger partial charge < -0.3 is 66.8 Å². The topological polar surface area (TPSA) is 464 Å². The van der Waals surface area contributed by atoms with Crippen LogP contribution in [0.5, 0.6) is 0 Å². The van der Waals surface area contributed by atoms with E-state index < -0.39 is 120 Å². The first-order valence-electron chi connectivity index (χ1n) is 16.9. The van der Waals surface area contributed by atoms with Gasteiger partial charge in [0, 0.05) is 30.7 Å². The van der Waals surface area contributed by atoms with Crippen LogP contribution in [0.1, 0.15) is 32.9 Å². The number of nitrogens with two attached hydrogens (primary N) is 2. The average Bonchev–Trinajstić information content (AvgIpc) is 3.69. The summed E-state index contributed by atoms with van der Waals surface area (Å²) >= 11 is 0.633. The second-order valence-corrected chi connectivity index (χ2v) is 18.6. The van der Waals surface area contributed by atoms with Crippen LogP contribution >= 0.6 is 35.2 Å². The third kappa shape index (κ3) is 14.8. The summed E-state index contributed by atoms with van der Waals surface area (Å²) in [5.41, 5.74) is 9.71. The number of nitrogens with zero attached hydrogens (tertiary/aromatic N) is 4. The van der Waals surface area contributed by atoms with Crippen molar-refractivity contribution in [2.45, 2.75) is 63.4 Å². The number of aliphatic carboxylic acids is 2. The second-order valence-electron chi connectivity index (χ2n) is 13.3. The van der Waals surface area contributed by atoms with Gasteiger partial charge in [-0.3, -0.25) is 42.1 Å². The first-order valence-corrected chi connectivity index (χ1v) is 22.4. The molecule has 33 heteroatoms. The fourth-order valence-corrected chi connectivity index (χ4v) is 8.59. The van der Waals surface area contributed by atoms with Gasteiger partial charge >= 0.3 is 35.4 Å². The number of hydrogen-bond acceptors (Lipinski definition) is 21. The third-order valence-corrected chi connectivity index (χ3v) is 12.2. The number of ether oxygens (including phenoxy) is 1. The summed E-state index contributed by atoms with van der Waals surface area (Å²) in [5.74, 6) is -6.94. The molecular formula is C27H43N8O21P3S. The Bertz CT molecular complexity index is 2020. The van der Waals surface area contributed by atoms with Crippen LogP contribution in [0.25, 0.3) is 11.2 Å². The van der Waals surface area contributed by atoms with E-state index in [9.17, 15) is 67.5 Å². The molecule has 1 aliphatic heterocycles. The molecule has 8 unspecified atom stereocenters. The molecule has 29 nitrogen and oxygen atoms in total. The average molecular weight is 941 g/mol. The van der Waals surface area contributed by atoms with Crippen LogP contribution in [0, 0.1) is 11.3 Å². The third-order valence-electron chi connectivity index (χ3n) is 8.13. The number of aliphatic hydroxyl groups is 2. The largest absolute Gasteiger partial charge is 0.481 e. The summed E-state index contributed by atoms with van der Waals surface area (Å²) in [6.07, 6.45) is -7.95. The maximum atomic E-state index is 12.7. The fourth-order valence-electron chi connectivity index (χ4n) is 5.05. The number of nitrogen functional groups attached to an aromatic ring is 1. The Morgan fingerprint density at radius 2 is 1.63 bits per heavy atom. The van der Waals surface area contributed by atoms with Crippen molar-refractivity contribution < 1.29 is 100 Å². The molecule has 3 heterocycles. The highest BCUT2D eigenvalue weighted by Crippen LogP contribution is 2.61. The zero-order valence-corrected chi connectivity index (χ0v) is 34.7. The quantitative estimate of drug-likeness (QED) is 0.0287. The molecule has 0 spiro atoms. The van der Waals surface area contributed by atoms with E-state index in [4.69, 9.17) is 35.5 Å². The number of amides is 2. The van der Waals surface area contributed by atoms with E-state index in [1.807, 2.05) is 0 Å². The van der Waals surface area contributed by atoms with E-state index in [0.717, 1.165) is 17.2 Å². The van der Waals surface area contributed by atoms with Crippen molar-refractivity contribution in [2.24, 2.45) is 17.1 Å². The lowest BCUT2D eigenvalue weighted by atomic mass is 9.87. The Labute approximate surface area is 341 Å². The van der Waals surface area contributed by atoms with Gasteiger partial charge in [0.1, 0.15) is 36.3 Å². The number of thioether (sulfide) groups is 1. The minimum absolute atomic E-state index is 0.00631. The van der Waals surface area contributed by atoms with Crippen LogP contribution in [-0.2, 0) is 60.3 Å². The van der Waals surface area contributed by atoms with Crippen molar-refractivity contribution in [2.75, 3.05) is 37.8 Å². The molecule has 1 saturated heterocycles. The van der Waals surface area contributed by atoms with Gasteiger partial charge in [-0.2, -0.15) is 4.31 Å². The number of aliphatic hydroxyl groups excluding tert-OH is 2. The number of carboxylic acid groups (broad SMARTS) is 2. The summed E-state index contributed by atoms with van der Waals surface area (Å²) < 4.78 is 61.9. The highest BCUT2D eigenvalue weighted by atomic mass is 32.2. The highest BCUT2D eigenvalue weighted by molar-refractivity contribution is 8.13. The Morgan fingerprint density at radius 1 is 1.00 bits per heavy atom. The summed E-state index contributed by atoms with van der Waals surface area (Å²) in [4.78, 5) is 110. The van der Waals surface area contributed by atoms with E-state index in [1.165, 1.54) is 13.8 Å². The van der Waals surface area contributed by atoms with Gasteiger partial charge in [-0.15, -0.1) is 0 Å². The number of fused-ring (bicyclic) bond motifs is 1. The summed E-state index contributed by atoms with van der Waals surface area (Å²) in [6.45, 7) is -0.126. The summed E-state index contributed by atoms with van der Waals surface area (Å²) in [6, 6.07) is -1.39. The number of carboxylic acids is 2. The van der Waals surface area contributed by atoms with Crippen molar-refractivity contribution >= 4 is 81.1 Å². The molecule has 60 heavy (non-hydrogen) atoms. The minimum atomic E-state index is -5.62. The molecule has 338 valence electrons. The van der Waals surface area contributed by atoms with Crippen molar-refractivity contribution in [3.8, 4) is 0 Å². The number of carbonyl (C=O) groups is 5. The van der Waals surface area contributed by atoms with Gasteiger partial charge in [-0.05, 0) is 6.42 Å². The first-order chi connectivity index (χ1) is 27.6. The molecule has 8 atom stereocenters. The maximum Gasteiger partial charge on any atom is 0.481 e.